The second-order valence-corrected chi connectivity index (χ2v) is 4.40. The Bertz CT molecular complexity index is 624. The maximum Gasteiger partial charge on any atom is 0.417 e. The smallest absolute Gasteiger partial charge is 0.386 e. The third-order valence-corrected chi connectivity index (χ3v) is 2.90. The summed E-state index contributed by atoms with van der Waals surface area (Å²) in [5.74, 6) is -2.15. The molecule has 0 aliphatic heterocycles. The zero-order valence-corrected chi connectivity index (χ0v) is 10.5. The Labute approximate surface area is 116 Å². The first-order chi connectivity index (χ1) is 9.79. The molecule has 0 bridgehead atoms. The minimum absolute atomic E-state index is 0.0494. The number of hydrogen-bond acceptors (Lipinski definition) is 2. The van der Waals surface area contributed by atoms with Gasteiger partial charge in [-0.1, -0.05) is 12.1 Å². The molecule has 7 heteroatoms. The molecule has 1 N–H and O–H groups in total. The van der Waals surface area contributed by atoms with Gasteiger partial charge in [-0.25, -0.2) is 8.78 Å². The van der Waals surface area contributed by atoms with Crippen LogP contribution in [-0.2, 0) is 12.6 Å². The van der Waals surface area contributed by atoms with Crippen LogP contribution in [0.15, 0.2) is 36.5 Å². The van der Waals surface area contributed by atoms with Crippen LogP contribution < -0.4 is 0 Å². The van der Waals surface area contributed by atoms with Crippen molar-refractivity contribution in [2.24, 2.45) is 0 Å². The number of halogens is 5. The molecule has 0 spiro atoms. The highest BCUT2D eigenvalue weighted by atomic mass is 19.4. The Morgan fingerprint density at radius 1 is 1.10 bits per heavy atom. The highest BCUT2D eigenvalue weighted by Gasteiger charge is 2.31. The first-order valence-corrected chi connectivity index (χ1v) is 5.93. The van der Waals surface area contributed by atoms with E-state index in [0.717, 1.165) is 18.2 Å². The molecule has 0 amide bonds. The molecule has 1 heterocycles. The fourth-order valence-electron chi connectivity index (χ4n) is 1.79. The number of nitrogens with zero attached hydrogens (tertiary/aromatic N) is 1. The van der Waals surface area contributed by atoms with Crippen molar-refractivity contribution in [1.29, 1.82) is 0 Å². The van der Waals surface area contributed by atoms with Gasteiger partial charge in [0.25, 0.3) is 0 Å². The number of rotatable bonds is 3. The molecule has 2 nitrogen and oxygen atoms in total. The van der Waals surface area contributed by atoms with Gasteiger partial charge in [-0.2, -0.15) is 13.2 Å². The van der Waals surface area contributed by atoms with E-state index in [1.807, 2.05) is 0 Å². The van der Waals surface area contributed by atoms with Crippen molar-refractivity contribution in [1.82, 2.24) is 4.98 Å². The monoisotopic (exact) mass is 303 g/mol. The summed E-state index contributed by atoms with van der Waals surface area (Å²) in [7, 11) is 0. The minimum atomic E-state index is -4.52. The summed E-state index contributed by atoms with van der Waals surface area (Å²) in [5.41, 5.74) is -1.08. The molecule has 0 aliphatic rings. The topological polar surface area (TPSA) is 33.1 Å². The van der Waals surface area contributed by atoms with Gasteiger partial charge < -0.3 is 5.11 Å². The lowest BCUT2D eigenvalue weighted by atomic mass is 10.0. The van der Waals surface area contributed by atoms with Crippen LogP contribution in [0.25, 0.3) is 0 Å². The lowest BCUT2D eigenvalue weighted by Gasteiger charge is -2.12. The predicted molar refractivity (Wildman–Crippen MR) is 64.3 cm³/mol. The summed E-state index contributed by atoms with van der Waals surface area (Å²) in [4.78, 5) is 3.51. The molecular formula is C14H10F5NO. The Balaban J connectivity index is 2.17. The van der Waals surface area contributed by atoms with E-state index in [-0.39, 0.29) is 17.7 Å². The number of pyridine rings is 1. The van der Waals surface area contributed by atoms with E-state index in [1.54, 1.807) is 0 Å². The van der Waals surface area contributed by atoms with Crippen LogP contribution in [0.4, 0.5) is 22.0 Å². The van der Waals surface area contributed by atoms with Crippen molar-refractivity contribution in [2.75, 3.05) is 0 Å². The summed E-state index contributed by atoms with van der Waals surface area (Å²) in [5, 5.41) is 9.85. The van der Waals surface area contributed by atoms with Crippen LogP contribution in [0.2, 0.25) is 0 Å². The van der Waals surface area contributed by atoms with Crippen LogP contribution in [0.3, 0.4) is 0 Å². The zero-order valence-electron chi connectivity index (χ0n) is 10.5. The van der Waals surface area contributed by atoms with Gasteiger partial charge in [0.15, 0.2) is 11.6 Å². The number of alkyl halides is 3. The first-order valence-electron chi connectivity index (χ1n) is 5.93. The van der Waals surface area contributed by atoms with Gasteiger partial charge in [0.2, 0.25) is 0 Å². The van der Waals surface area contributed by atoms with Crippen molar-refractivity contribution in [3.05, 3.63) is 65.0 Å². The molecule has 0 radical (unpaired) electrons. The molecule has 2 aromatic rings. The molecule has 1 aromatic carbocycles. The molecular weight excluding hydrogens is 293 g/mol. The number of aromatic nitrogens is 1. The molecule has 0 fully saturated rings. The number of aliphatic hydroxyl groups excluding tert-OH is 1. The average molecular weight is 303 g/mol. The van der Waals surface area contributed by atoms with Gasteiger partial charge in [0.1, 0.15) is 6.10 Å². The predicted octanol–water partition coefficient (Wildman–Crippen LogP) is 3.65. The minimum Gasteiger partial charge on any atom is -0.386 e. The molecule has 0 saturated carbocycles. The Morgan fingerprint density at radius 3 is 2.38 bits per heavy atom. The Kier molecular flexibility index (Phi) is 4.22. The van der Waals surface area contributed by atoms with Crippen molar-refractivity contribution < 1.29 is 27.1 Å². The Hall–Kier alpha value is -2.02. The van der Waals surface area contributed by atoms with Gasteiger partial charge in [0.05, 0.1) is 11.3 Å². The third-order valence-electron chi connectivity index (χ3n) is 2.90. The van der Waals surface area contributed by atoms with Crippen LogP contribution >= 0.6 is 0 Å². The SMILES string of the molecule is OC(Cc1cccc(F)c1F)c1ccc(C(F)(F)F)cn1. The maximum atomic E-state index is 13.4. The van der Waals surface area contributed by atoms with Crippen molar-refractivity contribution in [3.8, 4) is 0 Å². The lowest BCUT2D eigenvalue weighted by Crippen LogP contribution is -2.09. The first kappa shape index (κ1) is 15.4. The molecule has 21 heavy (non-hydrogen) atoms. The van der Waals surface area contributed by atoms with E-state index in [1.165, 1.54) is 12.1 Å². The van der Waals surface area contributed by atoms with E-state index in [9.17, 15) is 27.1 Å². The van der Waals surface area contributed by atoms with Crippen LogP contribution in [0, 0.1) is 11.6 Å². The van der Waals surface area contributed by atoms with Crippen molar-refractivity contribution >= 4 is 0 Å². The number of benzene rings is 1. The molecule has 1 unspecified atom stereocenters. The average Bonchev–Trinajstić information content (AvgIpc) is 2.43. The molecule has 1 aromatic heterocycles. The normalized spacial score (nSPS) is 13.2. The second kappa shape index (κ2) is 5.77. The third kappa shape index (κ3) is 3.55. The maximum absolute atomic E-state index is 13.4. The highest BCUT2D eigenvalue weighted by Crippen LogP contribution is 2.29. The number of hydrogen-bond donors (Lipinski definition) is 1. The largest absolute Gasteiger partial charge is 0.417 e. The van der Waals surface area contributed by atoms with E-state index in [2.05, 4.69) is 4.98 Å². The molecule has 0 saturated heterocycles. The Morgan fingerprint density at radius 2 is 1.81 bits per heavy atom. The second-order valence-electron chi connectivity index (χ2n) is 4.40. The van der Waals surface area contributed by atoms with E-state index in [4.69, 9.17) is 0 Å². The summed E-state index contributed by atoms with van der Waals surface area (Å²) in [6.07, 6.45) is -5.56. The van der Waals surface area contributed by atoms with Gasteiger partial charge in [-0.3, -0.25) is 4.98 Å². The number of aliphatic hydroxyl groups is 1. The standard InChI is InChI=1S/C14H10F5NO/c15-10-3-1-2-8(13(10)16)6-12(21)11-5-4-9(7-20-11)14(17,18)19/h1-5,7,12,21H,6H2. The molecule has 112 valence electrons. The lowest BCUT2D eigenvalue weighted by molar-refractivity contribution is -0.137. The van der Waals surface area contributed by atoms with Crippen molar-refractivity contribution in [3.63, 3.8) is 0 Å². The van der Waals surface area contributed by atoms with Gasteiger partial charge in [-0.05, 0) is 23.8 Å². The summed E-state index contributed by atoms with van der Waals surface area (Å²) in [6, 6.07) is 5.27. The van der Waals surface area contributed by atoms with E-state index >= 15 is 0 Å². The van der Waals surface area contributed by atoms with Crippen LogP contribution in [-0.4, -0.2) is 10.1 Å². The van der Waals surface area contributed by atoms with Crippen molar-refractivity contribution in [2.45, 2.75) is 18.7 Å². The highest BCUT2D eigenvalue weighted by molar-refractivity contribution is 5.23. The van der Waals surface area contributed by atoms with E-state index in [0.29, 0.717) is 6.20 Å². The van der Waals surface area contributed by atoms with Gasteiger partial charge in [-0.15, -0.1) is 0 Å². The molecule has 0 aliphatic carbocycles. The quantitative estimate of drug-likeness (QED) is 0.878. The molecule has 1 atom stereocenters. The molecule has 2 rings (SSSR count). The fourth-order valence-corrected chi connectivity index (χ4v) is 1.79. The van der Waals surface area contributed by atoms with Crippen LogP contribution in [0.5, 0.6) is 0 Å². The summed E-state index contributed by atoms with van der Waals surface area (Å²) in [6.45, 7) is 0. The van der Waals surface area contributed by atoms with Crippen LogP contribution in [0.1, 0.15) is 22.9 Å². The summed E-state index contributed by atoms with van der Waals surface area (Å²) >= 11 is 0. The fraction of sp³-hybridized carbons (Fsp3) is 0.214. The zero-order chi connectivity index (χ0) is 15.6. The van der Waals surface area contributed by atoms with Gasteiger partial charge >= 0.3 is 6.18 Å². The summed E-state index contributed by atoms with van der Waals surface area (Å²) < 4.78 is 63.6. The van der Waals surface area contributed by atoms with Gasteiger partial charge in [0, 0.05) is 12.6 Å². The van der Waals surface area contributed by atoms with E-state index < -0.39 is 29.5 Å².